The van der Waals surface area contributed by atoms with Crippen LogP contribution < -0.4 is 9.03 Å². The maximum atomic E-state index is 13.3. The van der Waals surface area contributed by atoms with Crippen LogP contribution in [0.2, 0.25) is 10.0 Å². The quantitative estimate of drug-likeness (QED) is 0.292. The van der Waals surface area contributed by atoms with Crippen LogP contribution in [-0.2, 0) is 20.0 Å². The van der Waals surface area contributed by atoms with Crippen molar-refractivity contribution in [1.82, 2.24) is 14.7 Å². The SMILES string of the molecule is CN(C)CCCNc1c(N(S(C)(=O)=O)S(C)(=O)=O)c(C#N)nn1-c1c(Cl)cc(S(F)(F)(F)(F)F)cc1Cl. The molecule has 1 heterocycles. The highest BCUT2D eigenvalue weighted by atomic mass is 35.5. The number of halogens is 7. The lowest BCUT2D eigenvalue weighted by molar-refractivity contribution is 0.364. The molecule has 0 amide bonds. The average Bonchev–Trinajstić information content (AvgIpc) is 2.98. The van der Waals surface area contributed by atoms with Crippen LogP contribution in [-0.4, -0.2) is 71.2 Å². The minimum absolute atomic E-state index is 0.0158. The first-order chi connectivity index (χ1) is 16.4. The molecule has 1 aromatic carbocycles. The first-order valence-corrected chi connectivity index (χ1v) is 16.1. The molecule has 1 aromatic heterocycles. The normalized spacial score (nSPS) is 14.7. The molecule has 0 saturated heterocycles. The average molecular weight is 635 g/mol. The van der Waals surface area contributed by atoms with Gasteiger partial charge in [-0.1, -0.05) is 42.6 Å². The van der Waals surface area contributed by atoms with E-state index in [0.29, 0.717) is 30.2 Å². The van der Waals surface area contributed by atoms with E-state index in [9.17, 15) is 41.5 Å². The van der Waals surface area contributed by atoms with Gasteiger partial charge in [0.05, 0.1) is 22.6 Å². The zero-order valence-electron chi connectivity index (χ0n) is 19.5. The summed E-state index contributed by atoms with van der Waals surface area (Å²) in [6.07, 6.45) is 1.44. The summed E-state index contributed by atoms with van der Waals surface area (Å²) < 4.78 is 117. The topological polar surface area (TPSA) is 128 Å². The molecule has 0 radical (unpaired) electrons. The zero-order chi connectivity index (χ0) is 28.8. The van der Waals surface area contributed by atoms with Crippen molar-refractivity contribution in [1.29, 1.82) is 5.26 Å². The van der Waals surface area contributed by atoms with E-state index < -0.39 is 68.1 Å². The number of aromatic nitrogens is 2. The van der Waals surface area contributed by atoms with Crippen LogP contribution in [0.1, 0.15) is 12.1 Å². The van der Waals surface area contributed by atoms with Crippen molar-refractivity contribution in [3.63, 3.8) is 0 Å². The van der Waals surface area contributed by atoms with Crippen molar-refractivity contribution < 1.29 is 36.3 Å². The first kappa shape index (κ1) is 31.2. The Morgan fingerprint density at radius 3 is 1.92 bits per heavy atom. The summed E-state index contributed by atoms with van der Waals surface area (Å²) in [5.41, 5.74) is -2.23. The largest absolute Gasteiger partial charge is 0.368 e. The van der Waals surface area contributed by atoms with Gasteiger partial charge >= 0.3 is 10.2 Å². The Balaban J connectivity index is 2.95. The summed E-state index contributed by atoms with van der Waals surface area (Å²) in [4.78, 5) is -0.618. The molecule has 0 aliphatic carbocycles. The summed E-state index contributed by atoms with van der Waals surface area (Å²) >= 11 is 11.8. The predicted octanol–water partition coefficient (Wildman–Crippen LogP) is 4.80. The lowest BCUT2D eigenvalue weighted by Gasteiger charge is -2.40. The van der Waals surface area contributed by atoms with Crippen LogP contribution in [0.4, 0.5) is 30.9 Å². The number of nitriles is 1. The molecule has 210 valence electrons. The third-order valence-corrected chi connectivity index (χ3v) is 9.37. The number of sulfonamides is 2. The van der Waals surface area contributed by atoms with Gasteiger partial charge in [0.1, 0.15) is 22.3 Å². The standard InChI is InChI=1S/C17H21Cl2F5N6O4S3/c1-28(2)7-5-6-26-17-16(30(35(3,31)32)36(4,33)34)14(10-25)27-29(17)15-12(18)8-11(9-13(15)19)37(20,21,22,23)24/h8-9,26H,5-7H2,1-4H3. The minimum Gasteiger partial charge on any atom is -0.368 e. The minimum atomic E-state index is -10.2. The van der Waals surface area contributed by atoms with Crippen molar-refractivity contribution in [3.8, 4) is 11.8 Å². The number of hydrogen-bond acceptors (Lipinski definition) is 8. The Kier molecular flexibility index (Phi) is 7.84. The molecule has 0 spiro atoms. The van der Waals surface area contributed by atoms with Crippen LogP contribution in [0.5, 0.6) is 0 Å². The molecule has 0 bridgehead atoms. The summed E-state index contributed by atoms with van der Waals surface area (Å²) in [7, 11) is -16.0. The smallest absolute Gasteiger partial charge is 0.310 e. The highest BCUT2D eigenvalue weighted by Gasteiger charge is 2.65. The van der Waals surface area contributed by atoms with Gasteiger partial charge in [0.25, 0.3) is 0 Å². The number of nitrogens with zero attached hydrogens (tertiary/aromatic N) is 5. The van der Waals surface area contributed by atoms with Crippen LogP contribution in [0.25, 0.3) is 5.69 Å². The van der Waals surface area contributed by atoms with Gasteiger partial charge in [0.15, 0.2) is 11.5 Å². The number of hydrogen-bond donors (Lipinski definition) is 1. The van der Waals surface area contributed by atoms with E-state index in [4.69, 9.17) is 23.2 Å². The Morgan fingerprint density at radius 1 is 1.05 bits per heavy atom. The third-order valence-electron chi connectivity index (χ3n) is 4.47. The summed E-state index contributed by atoms with van der Waals surface area (Å²) in [6, 6.07) is 1.32. The van der Waals surface area contributed by atoms with Crippen molar-refractivity contribution >= 4 is 65.0 Å². The summed E-state index contributed by atoms with van der Waals surface area (Å²) in [5.74, 6) is -0.505. The van der Waals surface area contributed by atoms with Gasteiger partial charge in [0.2, 0.25) is 20.0 Å². The van der Waals surface area contributed by atoms with E-state index in [1.54, 1.807) is 19.0 Å². The fourth-order valence-electron chi connectivity index (χ4n) is 3.13. The van der Waals surface area contributed by atoms with Gasteiger partial charge in [-0.3, -0.25) is 0 Å². The molecular weight excluding hydrogens is 614 g/mol. The molecule has 0 aliphatic heterocycles. The molecule has 20 heteroatoms. The van der Waals surface area contributed by atoms with Gasteiger partial charge < -0.3 is 10.2 Å². The van der Waals surface area contributed by atoms with Crippen molar-refractivity contribution in [2.24, 2.45) is 0 Å². The summed E-state index contributed by atoms with van der Waals surface area (Å²) in [5, 5.41) is 14.1. The maximum Gasteiger partial charge on any atom is 0.310 e. The molecule has 0 fully saturated rings. The number of benzene rings is 1. The van der Waals surface area contributed by atoms with E-state index in [-0.39, 0.29) is 22.4 Å². The monoisotopic (exact) mass is 634 g/mol. The Morgan fingerprint density at radius 2 is 1.54 bits per heavy atom. The maximum absolute atomic E-state index is 13.3. The molecule has 0 aliphatic rings. The molecule has 10 nitrogen and oxygen atoms in total. The van der Waals surface area contributed by atoms with E-state index in [2.05, 4.69) is 10.4 Å². The van der Waals surface area contributed by atoms with Crippen molar-refractivity contribution in [2.45, 2.75) is 11.3 Å². The Labute approximate surface area is 220 Å². The van der Waals surface area contributed by atoms with Crippen LogP contribution >= 0.6 is 33.4 Å². The van der Waals surface area contributed by atoms with E-state index in [0.717, 1.165) is 0 Å². The second-order valence-corrected chi connectivity index (χ2v) is 15.2. The second-order valence-electron chi connectivity index (χ2n) is 8.08. The van der Waals surface area contributed by atoms with Crippen LogP contribution in [0.15, 0.2) is 17.0 Å². The molecular formula is C17H21Cl2F5N6O4S3. The first-order valence-electron chi connectivity index (χ1n) is 9.74. The fraction of sp³-hybridized carbons (Fsp3) is 0.412. The van der Waals surface area contributed by atoms with Gasteiger partial charge in [-0.05, 0) is 39.2 Å². The molecule has 1 N–H and O–H groups in total. The number of nitrogens with one attached hydrogen (secondary N) is 1. The summed E-state index contributed by atoms with van der Waals surface area (Å²) in [6.45, 7) is 0.505. The van der Waals surface area contributed by atoms with Crippen LogP contribution in [0.3, 0.4) is 0 Å². The lowest BCUT2D eigenvalue weighted by atomic mass is 10.3. The lowest BCUT2D eigenvalue weighted by Crippen LogP contribution is -2.36. The van der Waals surface area contributed by atoms with E-state index in [1.165, 1.54) is 6.07 Å². The molecule has 2 aromatic rings. The highest BCUT2D eigenvalue weighted by molar-refractivity contribution is 8.45. The van der Waals surface area contributed by atoms with Crippen molar-refractivity contribution in [2.75, 3.05) is 48.7 Å². The predicted molar refractivity (Wildman–Crippen MR) is 134 cm³/mol. The zero-order valence-corrected chi connectivity index (χ0v) is 23.5. The molecule has 0 saturated carbocycles. The molecule has 0 atom stereocenters. The highest BCUT2D eigenvalue weighted by Crippen LogP contribution is 3.02. The van der Waals surface area contributed by atoms with E-state index in [1.807, 2.05) is 0 Å². The second kappa shape index (κ2) is 9.31. The number of anilines is 2. The van der Waals surface area contributed by atoms with E-state index >= 15 is 0 Å². The van der Waals surface area contributed by atoms with Gasteiger partial charge in [-0.2, -0.15) is 14.1 Å². The number of rotatable bonds is 10. The molecule has 37 heavy (non-hydrogen) atoms. The van der Waals surface area contributed by atoms with Crippen molar-refractivity contribution in [3.05, 3.63) is 27.9 Å². The van der Waals surface area contributed by atoms with Gasteiger partial charge in [-0.25, -0.2) is 21.5 Å². The van der Waals surface area contributed by atoms with Crippen LogP contribution in [0, 0.1) is 11.3 Å². The Bertz CT molecular complexity index is 1440. The van der Waals surface area contributed by atoms with Gasteiger partial charge in [-0.15, -0.1) is 0 Å². The third kappa shape index (κ3) is 7.29. The molecule has 0 unspecified atom stereocenters. The molecule has 2 rings (SSSR count). The fourth-order valence-corrected chi connectivity index (χ4v) is 7.56. The Hall–Kier alpha value is -2.04. The van der Waals surface area contributed by atoms with Gasteiger partial charge in [0, 0.05) is 6.54 Å².